The molecule has 0 aliphatic rings. The van der Waals surface area contributed by atoms with Gasteiger partial charge in [-0.05, 0) is 17.7 Å². The number of hydrogen-bond acceptors (Lipinski definition) is 8. The van der Waals surface area contributed by atoms with Crippen molar-refractivity contribution in [2.45, 2.75) is 17.8 Å². The lowest BCUT2D eigenvalue weighted by atomic mass is 10.1. The molecule has 8 N–H and O–H groups in total. The van der Waals surface area contributed by atoms with Gasteiger partial charge in [0.05, 0.1) is 19.0 Å². The lowest BCUT2D eigenvalue weighted by Gasteiger charge is -2.20. The SMILES string of the molecule is N=C(N)c1ccc(C(=O)NC(=O)[C@H](CO)NC(=O)[C@@H](CO)NS(=O)(=O)Cc2ccccc2)cc1. The van der Waals surface area contributed by atoms with Crippen molar-refractivity contribution in [3.05, 3.63) is 71.3 Å². The van der Waals surface area contributed by atoms with Gasteiger partial charge in [0.2, 0.25) is 15.9 Å². The van der Waals surface area contributed by atoms with E-state index in [-0.39, 0.29) is 11.4 Å². The Labute approximate surface area is 195 Å². The minimum Gasteiger partial charge on any atom is -0.394 e. The van der Waals surface area contributed by atoms with Crippen LogP contribution in [0, 0.1) is 5.41 Å². The molecule has 0 aliphatic heterocycles. The summed E-state index contributed by atoms with van der Waals surface area (Å²) in [4.78, 5) is 37.0. The zero-order valence-corrected chi connectivity index (χ0v) is 18.7. The van der Waals surface area contributed by atoms with Crippen molar-refractivity contribution in [1.29, 1.82) is 5.41 Å². The number of nitrogens with two attached hydrogens (primary N) is 1. The van der Waals surface area contributed by atoms with Crippen molar-refractivity contribution < 1.29 is 33.0 Å². The summed E-state index contributed by atoms with van der Waals surface area (Å²) < 4.78 is 26.7. The van der Waals surface area contributed by atoms with Crippen LogP contribution in [-0.4, -0.2) is 67.5 Å². The number of aliphatic hydroxyl groups excluding tert-OH is 2. The van der Waals surface area contributed by atoms with Crippen molar-refractivity contribution in [3.8, 4) is 0 Å². The molecule has 0 spiro atoms. The first-order valence-corrected chi connectivity index (χ1v) is 11.6. The number of imide groups is 1. The largest absolute Gasteiger partial charge is 0.394 e. The quantitative estimate of drug-likeness (QED) is 0.140. The lowest BCUT2D eigenvalue weighted by Crippen LogP contribution is -2.56. The highest BCUT2D eigenvalue weighted by Gasteiger charge is 2.29. The first-order valence-electron chi connectivity index (χ1n) is 9.92. The van der Waals surface area contributed by atoms with E-state index in [1.807, 2.05) is 10.0 Å². The van der Waals surface area contributed by atoms with Crippen LogP contribution in [0.3, 0.4) is 0 Å². The van der Waals surface area contributed by atoms with Crippen molar-refractivity contribution in [3.63, 3.8) is 0 Å². The normalized spacial score (nSPS) is 12.9. The highest BCUT2D eigenvalue weighted by atomic mass is 32.2. The molecule has 0 unspecified atom stereocenters. The molecule has 0 saturated carbocycles. The fourth-order valence-electron chi connectivity index (χ4n) is 2.76. The predicted molar refractivity (Wildman–Crippen MR) is 122 cm³/mol. The molecule has 13 heteroatoms. The van der Waals surface area contributed by atoms with E-state index in [2.05, 4.69) is 5.32 Å². The predicted octanol–water partition coefficient (Wildman–Crippen LogP) is -1.82. The Kier molecular flexibility index (Phi) is 9.38. The third kappa shape index (κ3) is 7.74. The number of aliphatic hydroxyl groups is 2. The number of amides is 3. The van der Waals surface area contributed by atoms with Gasteiger partial charge >= 0.3 is 0 Å². The molecule has 0 bridgehead atoms. The topological polar surface area (TPSA) is 212 Å². The third-order valence-electron chi connectivity index (χ3n) is 4.53. The second kappa shape index (κ2) is 12.0. The molecule has 0 heterocycles. The number of carbonyl (C=O) groups is 3. The molecule has 2 atom stereocenters. The summed E-state index contributed by atoms with van der Waals surface area (Å²) >= 11 is 0. The molecule has 0 saturated heterocycles. The number of nitrogen functional groups attached to an aromatic ring is 1. The van der Waals surface area contributed by atoms with Crippen LogP contribution in [0.1, 0.15) is 21.5 Å². The van der Waals surface area contributed by atoms with E-state index < -0.39 is 58.8 Å². The zero-order valence-electron chi connectivity index (χ0n) is 17.9. The van der Waals surface area contributed by atoms with Crippen LogP contribution in [0.15, 0.2) is 54.6 Å². The average Bonchev–Trinajstić information content (AvgIpc) is 2.81. The van der Waals surface area contributed by atoms with E-state index in [1.54, 1.807) is 30.3 Å². The number of benzene rings is 2. The van der Waals surface area contributed by atoms with Crippen LogP contribution in [0.4, 0.5) is 0 Å². The Hall–Kier alpha value is -3.65. The minimum absolute atomic E-state index is 0.0586. The number of nitrogens with one attached hydrogen (secondary N) is 4. The number of rotatable bonds is 11. The maximum Gasteiger partial charge on any atom is 0.257 e. The van der Waals surface area contributed by atoms with Gasteiger partial charge in [0.25, 0.3) is 11.8 Å². The molecule has 34 heavy (non-hydrogen) atoms. The first-order chi connectivity index (χ1) is 16.1. The van der Waals surface area contributed by atoms with Gasteiger partial charge in [-0.1, -0.05) is 42.5 Å². The van der Waals surface area contributed by atoms with Gasteiger partial charge in [-0.2, -0.15) is 0 Å². The van der Waals surface area contributed by atoms with Crippen LogP contribution >= 0.6 is 0 Å². The van der Waals surface area contributed by atoms with Gasteiger partial charge in [0.1, 0.15) is 17.9 Å². The van der Waals surface area contributed by atoms with Crippen LogP contribution in [0.5, 0.6) is 0 Å². The van der Waals surface area contributed by atoms with Crippen molar-refractivity contribution in [1.82, 2.24) is 15.4 Å². The van der Waals surface area contributed by atoms with Gasteiger partial charge in [-0.25, -0.2) is 13.1 Å². The fraction of sp³-hybridized carbons (Fsp3) is 0.238. The zero-order chi connectivity index (χ0) is 25.3. The highest BCUT2D eigenvalue weighted by molar-refractivity contribution is 7.88. The van der Waals surface area contributed by atoms with E-state index in [9.17, 15) is 33.0 Å². The number of amidine groups is 1. The summed E-state index contributed by atoms with van der Waals surface area (Å²) in [7, 11) is -4.03. The molecule has 2 aromatic carbocycles. The summed E-state index contributed by atoms with van der Waals surface area (Å²) in [5.41, 5.74) is 6.22. The molecule has 2 aromatic rings. The summed E-state index contributed by atoms with van der Waals surface area (Å²) in [6, 6.07) is 10.4. The van der Waals surface area contributed by atoms with E-state index in [0.29, 0.717) is 11.1 Å². The number of sulfonamides is 1. The van der Waals surface area contributed by atoms with Crippen LogP contribution < -0.4 is 21.1 Å². The summed E-state index contributed by atoms with van der Waals surface area (Å²) in [6.07, 6.45) is 0. The highest BCUT2D eigenvalue weighted by Crippen LogP contribution is 2.06. The molecule has 3 amide bonds. The second-order valence-electron chi connectivity index (χ2n) is 7.15. The van der Waals surface area contributed by atoms with E-state index in [4.69, 9.17) is 11.1 Å². The molecular weight excluding hydrogens is 466 g/mol. The van der Waals surface area contributed by atoms with Crippen LogP contribution in [-0.2, 0) is 25.4 Å². The fourth-order valence-corrected chi connectivity index (χ4v) is 4.09. The summed E-state index contributed by atoms with van der Waals surface area (Å²) in [6.45, 7) is -1.82. The minimum atomic E-state index is -4.03. The third-order valence-corrected chi connectivity index (χ3v) is 5.89. The molecule has 12 nitrogen and oxygen atoms in total. The van der Waals surface area contributed by atoms with Crippen LogP contribution in [0.2, 0.25) is 0 Å². The van der Waals surface area contributed by atoms with Gasteiger partial charge in [0, 0.05) is 11.1 Å². The van der Waals surface area contributed by atoms with Crippen molar-refractivity contribution in [2.75, 3.05) is 13.2 Å². The molecular formula is C21H25N5O7S. The number of hydrogen-bond donors (Lipinski definition) is 7. The average molecular weight is 492 g/mol. The van der Waals surface area contributed by atoms with Crippen LogP contribution in [0.25, 0.3) is 0 Å². The molecule has 0 radical (unpaired) electrons. The monoisotopic (exact) mass is 491 g/mol. The van der Waals surface area contributed by atoms with Gasteiger partial charge < -0.3 is 21.3 Å². The Morgan fingerprint density at radius 3 is 1.97 bits per heavy atom. The smallest absolute Gasteiger partial charge is 0.257 e. The molecule has 0 fully saturated rings. The van der Waals surface area contributed by atoms with E-state index in [1.165, 1.54) is 24.3 Å². The second-order valence-corrected chi connectivity index (χ2v) is 8.90. The molecule has 0 aromatic heterocycles. The Morgan fingerprint density at radius 1 is 0.882 bits per heavy atom. The first kappa shape index (κ1) is 26.6. The maximum atomic E-state index is 12.4. The molecule has 2 rings (SSSR count). The maximum absolute atomic E-state index is 12.4. The Morgan fingerprint density at radius 2 is 1.44 bits per heavy atom. The Balaban J connectivity index is 1.99. The standard InChI is InChI=1S/C21H25N5O7S/c22-18(23)14-6-8-15(9-7-14)19(29)25-20(30)16(10-27)24-21(31)17(11-28)26-34(32,33)12-13-4-2-1-3-5-13/h1-9,16-17,26-28H,10-12H2,(H3,22,23)(H,24,31)(H,25,29,30)/t16-,17+/m0/s1. The summed E-state index contributed by atoms with van der Waals surface area (Å²) in [5, 5.41) is 30.4. The Bertz CT molecular complexity index is 1140. The van der Waals surface area contributed by atoms with E-state index in [0.717, 1.165) is 0 Å². The van der Waals surface area contributed by atoms with Gasteiger partial charge in [0.15, 0.2) is 0 Å². The summed E-state index contributed by atoms with van der Waals surface area (Å²) in [5.74, 6) is -3.62. The lowest BCUT2D eigenvalue weighted by molar-refractivity contribution is -0.130. The van der Waals surface area contributed by atoms with Gasteiger partial charge in [-0.15, -0.1) is 0 Å². The molecule has 182 valence electrons. The van der Waals surface area contributed by atoms with Gasteiger partial charge in [-0.3, -0.25) is 25.1 Å². The number of carbonyl (C=O) groups excluding carboxylic acids is 3. The molecule has 0 aliphatic carbocycles. The van der Waals surface area contributed by atoms with E-state index >= 15 is 0 Å². The van der Waals surface area contributed by atoms with Crippen molar-refractivity contribution >= 4 is 33.6 Å². The van der Waals surface area contributed by atoms with Crippen molar-refractivity contribution in [2.24, 2.45) is 5.73 Å².